The summed E-state index contributed by atoms with van der Waals surface area (Å²) in [5.74, 6) is 0. The Morgan fingerprint density at radius 3 is 2.29 bits per heavy atom. The van der Waals surface area contributed by atoms with Crippen LogP contribution < -0.4 is 5.32 Å². The van der Waals surface area contributed by atoms with E-state index in [1.165, 1.54) is 0 Å². The van der Waals surface area contributed by atoms with Crippen LogP contribution in [0, 0.1) is 0 Å². The molecule has 1 aliphatic heterocycles. The molecule has 0 unspecified atom stereocenters. The average molecular weight is 103 g/mol. The van der Waals surface area contributed by atoms with Gasteiger partial charge in [-0.25, -0.2) is 0 Å². The van der Waals surface area contributed by atoms with Crippen LogP contribution >= 0.6 is 0 Å². The second kappa shape index (κ2) is 1.78. The van der Waals surface area contributed by atoms with Crippen molar-refractivity contribution in [3.63, 3.8) is 0 Å². The van der Waals surface area contributed by atoms with Crippen molar-refractivity contribution in [3.05, 3.63) is 0 Å². The Bertz CT molecular complexity index is 58.7. The van der Waals surface area contributed by atoms with Crippen LogP contribution in [-0.4, -0.2) is 29.1 Å². The molecule has 0 aliphatic carbocycles. The Labute approximate surface area is 42.0 Å². The number of hydrogen-bond acceptors (Lipinski definition) is 3. The molecule has 0 amide bonds. The van der Waals surface area contributed by atoms with Crippen LogP contribution in [0.25, 0.3) is 0 Å². The van der Waals surface area contributed by atoms with Gasteiger partial charge in [0.2, 0.25) is 0 Å². The van der Waals surface area contributed by atoms with E-state index < -0.39 is 12.3 Å². The lowest BCUT2D eigenvalue weighted by Gasteiger charge is -2.03. The lowest BCUT2D eigenvalue weighted by atomic mass is 10.3. The van der Waals surface area contributed by atoms with Gasteiger partial charge in [0.1, 0.15) is 6.23 Å². The topological polar surface area (TPSA) is 52.5 Å². The standard InChI is InChI=1S/C4H9NO2/c6-3-1-2-5-4(3)7/h3-7H,1-2H2/t3-,4+/m1/s1. The van der Waals surface area contributed by atoms with Crippen molar-refractivity contribution in [2.45, 2.75) is 18.8 Å². The van der Waals surface area contributed by atoms with Gasteiger partial charge in [-0.2, -0.15) is 0 Å². The van der Waals surface area contributed by atoms with E-state index in [9.17, 15) is 0 Å². The molecule has 1 heterocycles. The van der Waals surface area contributed by atoms with Crippen LogP contribution in [0.4, 0.5) is 0 Å². The van der Waals surface area contributed by atoms with Crippen molar-refractivity contribution in [2.75, 3.05) is 6.54 Å². The van der Waals surface area contributed by atoms with Gasteiger partial charge in [0.05, 0.1) is 6.10 Å². The lowest BCUT2D eigenvalue weighted by Crippen LogP contribution is -2.28. The number of nitrogens with one attached hydrogen (secondary N) is 1. The summed E-state index contributed by atoms with van der Waals surface area (Å²) in [6.07, 6.45) is -0.554. The zero-order valence-corrected chi connectivity index (χ0v) is 3.96. The van der Waals surface area contributed by atoms with E-state index in [1.54, 1.807) is 0 Å². The van der Waals surface area contributed by atoms with Crippen molar-refractivity contribution in [2.24, 2.45) is 0 Å². The minimum atomic E-state index is -0.681. The van der Waals surface area contributed by atoms with Crippen molar-refractivity contribution < 1.29 is 10.2 Å². The molecule has 2 atom stereocenters. The van der Waals surface area contributed by atoms with Crippen molar-refractivity contribution in [3.8, 4) is 0 Å². The highest BCUT2D eigenvalue weighted by molar-refractivity contribution is 4.73. The van der Waals surface area contributed by atoms with E-state index in [0.29, 0.717) is 6.42 Å². The van der Waals surface area contributed by atoms with E-state index in [2.05, 4.69) is 5.32 Å². The monoisotopic (exact) mass is 103 g/mol. The molecule has 7 heavy (non-hydrogen) atoms. The van der Waals surface area contributed by atoms with Crippen LogP contribution in [-0.2, 0) is 0 Å². The fourth-order valence-electron chi connectivity index (χ4n) is 0.673. The quantitative estimate of drug-likeness (QED) is 0.355. The van der Waals surface area contributed by atoms with Gasteiger partial charge in [-0.05, 0) is 6.42 Å². The molecule has 0 aromatic carbocycles. The molecule has 1 aliphatic rings. The number of aliphatic hydroxyl groups is 2. The Hall–Kier alpha value is -0.120. The SMILES string of the molecule is O[C@@H]1CCN[C@H]1O. The third kappa shape index (κ3) is 0.907. The van der Waals surface area contributed by atoms with Gasteiger partial charge in [0, 0.05) is 6.54 Å². The molecule has 3 heteroatoms. The highest BCUT2D eigenvalue weighted by atomic mass is 16.3. The van der Waals surface area contributed by atoms with E-state index in [-0.39, 0.29) is 0 Å². The van der Waals surface area contributed by atoms with Gasteiger partial charge in [0.25, 0.3) is 0 Å². The first-order valence-electron chi connectivity index (χ1n) is 2.40. The summed E-state index contributed by atoms with van der Waals surface area (Å²) >= 11 is 0. The van der Waals surface area contributed by atoms with Crippen molar-refractivity contribution in [1.82, 2.24) is 5.32 Å². The minimum absolute atomic E-state index is 0.542. The largest absolute Gasteiger partial charge is 0.389 e. The first-order valence-corrected chi connectivity index (χ1v) is 2.40. The zero-order chi connectivity index (χ0) is 5.28. The summed E-state index contributed by atoms with van der Waals surface area (Å²) in [6.45, 7) is 0.725. The molecule has 0 aromatic rings. The normalized spacial score (nSPS) is 42.0. The smallest absolute Gasteiger partial charge is 0.131 e. The summed E-state index contributed by atoms with van der Waals surface area (Å²) in [4.78, 5) is 0. The molecular formula is C4H9NO2. The fraction of sp³-hybridized carbons (Fsp3) is 1.00. The second-order valence-electron chi connectivity index (χ2n) is 1.75. The molecule has 1 rings (SSSR count). The maximum atomic E-state index is 8.69. The summed E-state index contributed by atoms with van der Waals surface area (Å²) in [6, 6.07) is 0. The third-order valence-electron chi connectivity index (χ3n) is 1.16. The molecule has 1 fully saturated rings. The van der Waals surface area contributed by atoms with Crippen LogP contribution in [0.1, 0.15) is 6.42 Å². The minimum Gasteiger partial charge on any atom is -0.389 e. The van der Waals surface area contributed by atoms with Crippen LogP contribution in [0.3, 0.4) is 0 Å². The van der Waals surface area contributed by atoms with Crippen molar-refractivity contribution >= 4 is 0 Å². The highest BCUT2D eigenvalue weighted by Crippen LogP contribution is 2.01. The van der Waals surface area contributed by atoms with Crippen LogP contribution in [0.2, 0.25) is 0 Å². The summed E-state index contributed by atoms with van der Waals surface area (Å²) in [7, 11) is 0. The van der Waals surface area contributed by atoms with Gasteiger partial charge in [0.15, 0.2) is 0 Å². The molecule has 3 N–H and O–H groups in total. The second-order valence-corrected chi connectivity index (χ2v) is 1.75. The summed E-state index contributed by atoms with van der Waals surface area (Å²) in [5, 5.41) is 20.0. The molecule has 1 saturated heterocycles. The predicted octanol–water partition coefficient (Wildman–Crippen LogP) is -1.34. The first-order chi connectivity index (χ1) is 3.30. The van der Waals surface area contributed by atoms with E-state index in [4.69, 9.17) is 10.2 Å². The molecule has 0 saturated carbocycles. The zero-order valence-electron chi connectivity index (χ0n) is 3.96. The Morgan fingerprint density at radius 2 is 2.14 bits per heavy atom. The fourth-order valence-corrected chi connectivity index (χ4v) is 0.673. The van der Waals surface area contributed by atoms with Gasteiger partial charge in [-0.3, -0.25) is 5.32 Å². The number of rotatable bonds is 0. The van der Waals surface area contributed by atoms with Gasteiger partial charge < -0.3 is 10.2 Å². The van der Waals surface area contributed by atoms with Gasteiger partial charge in [-0.1, -0.05) is 0 Å². The Balaban J connectivity index is 2.33. The van der Waals surface area contributed by atoms with Crippen LogP contribution in [0.5, 0.6) is 0 Å². The third-order valence-corrected chi connectivity index (χ3v) is 1.16. The highest BCUT2D eigenvalue weighted by Gasteiger charge is 2.20. The molecule has 42 valence electrons. The summed E-state index contributed by atoms with van der Waals surface area (Å²) in [5.41, 5.74) is 0. The average Bonchev–Trinajstić information content (AvgIpc) is 1.91. The molecule has 0 spiro atoms. The number of hydrogen-bond donors (Lipinski definition) is 3. The van der Waals surface area contributed by atoms with E-state index in [0.717, 1.165) is 6.54 Å². The maximum absolute atomic E-state index is 8.69. The van der Waals surface area contributed by atoms with Crippen LogP contribution in [0.15, 0.2) is 0 Å². The number of aliphatic hydroxyl groups excluding tert-OH is 2. The molecule has 0 radical (unpaired) electrons. The molecule has 0 aromatic heterocycles. The van der Waals surface area contributed by atoms with Gasteiger partial charge in [-0.15, -0.1) is 0 Å². The van der Waals surface area contributed by atoms with Gasteiger partial charge >= 0.3 is 0 Å². The lowest BCUT2D eigenvalue weighted by molar-refractivity contribution is 0.0318. The molecule has 3 nitrogen and oxygen atoms in total. The first kappa shape index (κ1) is 5.03. The van der Waals surface area contributed by atoms with E-state index in [1.807, 2.05) is 0 Å². The molecule has 0 bridgehead atoms. The molecular weight excluding hydrogens is 94.0 g/mol. The summed E-state index contributed by atoms with van der Waals surface area (Å²) < 4.78 is 0. The van der Waals surface area contributed by atoms with Crippen molar-refractivity contribution in [1.29, 1.82) is 0 Å². The Kier molecular flexibility index (Phi) is 1.27. The predicted molar refractivity (Wildman–Crippen MR) is 24.6 cm³/mol. The Morgan fingerprint density at radius 1 is 1.43 bits per heavy atom. The van der Waals surface area contributed by atoms with E-state index >= 15 is 0 Å². The maximum Gasteiger partial charge on any atom is 0.131 e.